The predicted octanol–water partition coefficient (Wildman–Crippen LogP) is 1.83. The smallest absolute Gasteiger partial charge is 0.161 e. The van der Waals surface area contributed by atoms with Crippen LogP contribution < -0.4 is 14.4 Å². The number of anilines is 1. The Morgan fingerprint density at radius 1 is 0.938 bits per heavy atom. The number of rotatable bonds is 9. The van der Waals surface area contributed by atoms with Crippen LogP contribution in [-0.2, 0) is 6.54 Å². The second-order valence-corrected chi connectivity index (χ2v) is 8.84. The molecule has 0 spiro atoms. The highest BCUT2D eigenvalue weighted by atomic mass is 16.5. The fourth-order valence-corrected chi connectivity index (χ4v) is 4.77. The van der Waals surface area contributed by atoms with Crippen LogP contribution in [-0.4, -0.2) is 91.8 Å². The number of benzene rings is 2. The molecule has 2 aromatic rings. The molecule has 0 amide bonds. The highest BCUT2D eigenvalue weighted by Gasteiger charge is 2.38. The molecule has 0 saturated carbocycles. The normalized spacial score (nSPS) is 22.3. The van der Waals surface area contributed by atoms with E-state index in [1.54, 1.807) is 7.11 Å². The minimum absolute atomic E-state index is 0.0292. The van der Waals surface area contributed by atoms with Gasteiger partial charge in [-0.1, -0.05) is 24.3 Å². The summed E-state index contributed by atoms with van der Waals surface area (Å²) in [7, 11) is 1.62. The Morgan fingerprint density at radius 3 is 2.44 bits per heavy atom. The van der Waals surface area contributed by atoms with Crippen molar-refractivity contribution in [3.8, 4) is 11.5 Å². The molecule has 0 aliphatic carbocycles. The summed E-state index contributed by atoms with van der Waals surface area (Å²) in [6, 6.07) is 16.4. The maximum Gasteiger partial charge on any atom is 0.161 e. The number of aliphatic hydroxyl groups is 2. The minimum atomic E-state index is -0.664. The number of nitrogens with zero attached hydrogens (tertiary/aromatic N) is 3. The molecule has 7 nitrogen and oxygen atoms in total. The van der Waals surface area contributed by atoms with Crippen LogP contribution in [0.25, 0.3) is 0 Å². The molecule has 0 bridgehead atoms. The number of aliphatic hydroxyl groups excluding tert-OH is 1. The van der Waals surface area contributed by atoms with Gasteiger partial charge in [-0.25, -0.2) is 0 Å². The van der Waals surface area contributed by atoms with E-state index in [9.17, 15) is 5.11 Å². The predicted molar refractivity (Wildman–Crippen MR) is 126 cm³/mol. The molecule has 4 rings (SSSR count). The molecular weight excluding hydrogens is 406 g/mol. The van der Waals surface area contributed by atoms with Crippen molar-refractivity contribution in [2.75, 3.05) is 71.0 Å². The number of hydrogen-bond donors (Lipinski definition) is 2. The van der Waals surface area contributed by atoms with Crippen molar-refractivity contribution >= 4 is 5.69 Å². The maximum atomic E-state index is 11.3. The summed E-state index contributed by atoms with van der Waals surface area (Å²) in [5.74, 6) is 1.31. The molecule has 2 aromatic carbocycles. The van der Waals surface area contributed by atoms with Gasteiger partial charge in [-0.05, 0) is 36.2 Å². The number of para-hydroxylation sites is 1. The third-order valence-corrected chi connectivity index (χ3v) is 6.41. The van der Waals surface area contributed by atoms with E-state index in [0.717, 1.165) is 57.8 Å². The molecule has 2 heterocycles. The zero-order valence-corrected chi connectivity index (χ0v) is 18.9. The van der Waals surface area contributed by atoms with Crippen LogP contribution in [0.3, 0.4) is 0 Å². The third kappa shape index (κ3) is 5.72. The van der Waals surface area contributed by atoms with E-state index in [4.69, 9.17) is 14.6 Å². The molecule has 0 aromatic heterocycles. The highest BCUT2D eigenvalue weighted by Crippen LogP contribution is 2.30. The molecule has 2 aliphatic rings. The summed E-state index contributed by atoms with van der Waals surface area (Å²) in [5, 5.41) is 20.2. The van der Waals surface area contributed by atoms with Gasteiger partial charge in [0, 0.05) is 58.0 Å². The van der Waals surface area contributed by atoms with Gasteiger partial charge in [0.25, 0.3) is 0 Å². The van der Waals surface area contributed by atoms with Crippen LogP contribution in [0.5, 0.6) is 11.5 Å². The summed E-state index contributed by atoms with van der Waals surface area (Å²) in [5.41, 5.74) is 1.74. The van der Waals surface area contributed by atoms with Crippen molar-refractivity contribution in [2.45, 2.75) is 18.6 Å². The lowest BCUT2D eigenvalue weighted by Crippen LogP contribution is -2.52. The SMILES string of the molecule is COc1cc(CN2CC[C@](O)(CN3CCN(c4ccccc4)CC3)C2)ccc1OCCO. The van der Waals surface area contributed by atoms with Gasteiger partial charge < -0.3 is 24.6 Å². The van der Waals surface area contributed by atoms with Crippen molar-refractivity contribution in [3.05, 3.63) is 54.1 Å². The van der Waals surface area contributed by atoms with Crippen molar-refractivity contribution in [1.29, 1.82) is 0 Å². The summed E-state index contributed by atoms with van der Waals surface area (Å²) in [6.45, 7) is 7.20. The standard InChI is InChI=1S/C25H35N3O4/c1-31-24-17-21(7-8-23(24)32-16-15-29)18-27-10-9-25(30,20-27)19-26-11-13-28(14-12-26)22-5-3-2-4-6-22/h2-8,17,29-30H,9-16,18-20H2,1H3/t25-/m0/s1. The lowest BCUT2D eigenvalue weighted by Gasteiger charge is -2.39. The van der Waals surface area contributed by atoms with Gasteiger partial charge in [-0.2, -0.15) is 0 Å². The molecule has 2 saturated heterocycles. The van der Waals surface area contributed by atoms with Crippen molar-refractivity contribution in [1.82, 2.24) is 9.80 Å². The minimum Gasteiger partial charge on any atom is -0.493 e. The molecular formula is C25H35N3O4. The number of likely N-dealkylation sites (tertiary alicyclic amines) is 1. The van der Waals surface area contributed by atoms with Crippen LogP contribution in [0.1, 0.15) is 12.0 Å². The average Bonchev–Trinajstić information content (AvgIpc) is 3.19. The van der Waals surface area contributed by atoms with Gasteiger partial charge >= 0.3 is 0 Å². The molecule has 32 heavy (non-hydrogen) atoms. The Labute approximate surface area is 190 Å². The fourth-order valence-electron chi connectivity index (χ4n) is 4.77. The van der Waals surface area contributed by atoms with Crippen molar-refractivity contribution < 1.29 is 19.7 Å². The largest absolute Gasteiger partial charge is 0.493 e. The molecule has 0 unspecified atom stereocenters. The van der Waals surface area contributed by atoms with Gasteiger partial charge in [-0.3, -0.25) is 9.80 Å². The Hall–Kier alpha value is -2.32. The van der Waals surface area contributed by atoms with Gasteiger partial charge in [0.05, 0.1) is 19.3 Å². The zero-order valence-electron chi connectivity index (χ0n) is 18.9. The highest BCUT2D eigenvalue weighted by molar-refractivity contribution is 5.46. The Kier molecular flexibility index (Phi) is 7.52. The van der Waals surface area contributed by atoms with E-state index in [1.807, 2.05) is 18.2 Å². The monoisotopic (exact) mass is 441 g/mol. The maximum absolute atomic E-state index is 11.3. The lowest BCUT2D eigenvalue weighted by atomic mass is 10.0. The van der Waals surface area contributed by atoms with Gasteiger partial charge in [0.2, 0.25) is 0 Å². The topological polar surface area (TPSA) is 68.6 Å². The fraction of sp³-hybridized carbons (Fsp3) is 0.520. The van der Waals surface area contributed by atoms with E-state index in [0.29, 0.717) is 18.0 Å². The molecule has 0 radical (unpaired) electrons. The molecule has 2 aliphatic heterocycles. The summed E-state index contributed by atoms with van der Waals surface area (Å²) in [4.78, 5) is 7.13. The van der Waals surface area contributed by atoms with Crippen molar-refractivity contribution in [3.63, 3.8) is 0 Å². The first-order chi connectivity index (χ1) is 15.6. The van der Waals surface area contributed by atoms with Crippen LogP contribution in [0.4, 0.5) is 5.69 Å². The molecule has 2 fully saturated rings. The van der Waals surface area contributed by atoms with E-state index < -0.39 is 5.60 Å². The summed E-state index contributed by atoms with van der Waals surface area (Å²) < 4.78 is 11.0. The third-order valence-electron chi connectivity index (χ3n) is 6.41. The van der Waals surface area contributed by atoms with E-state index in [1.165, 1.54) is 5.69 Å². The molecule has 2 N–H and O–H groups in total. The second-order valence-electron chi connectivity index (χ2n) is 8.84. The second kappa shape index (κ2) is 10.5. The Morgan fingerprint density at radius 2 is 1.72 bits per heavy atom. The molecule has 7 heteroatoms. The van der Waals surface area contributed by atoms with Crippen LogP contribution in [0.15, 0.2) is 48.5 Å². The van der Waals surface area contributed by atoms with Crippen LogP contribution in [0.2, 0.25) is 0 Å². The number of methoxy groups -OCH3 is 1. The first-order valence-electron chi connectivity index (χ1n) is 11.5. The zero-order chi connectivity index (χ0) is 22.4. The quantitative estimate of drug-likeness (QED) is 0.615. The van der Waals surface area contributed by atoms with Gasteiger partial charge in [0.1, 0.15) is 6.61 Å². The first-order valence-corrected chi connectivity index (χ1v) is 11.5. The van der Waals surface area contributed by atoms with Crippen LogP contribution >= 0.6 is 0 Å². The van der Waals surface area contributed by atoms with E-state index >= 15 is 0 Å². The van der Waals surface area contributed by atoms with Crippen LogP contribution in [0, 0.1) is 0 Å². The van der Waals surface area contributed by atoms with Crippen molar-refractivity contribution in [2.24, 2.45) is 0 Å². The Balaban J connectivity index is 1.27. The first kappa shape index (κ1) is 22.9. The lowest BCUT2D eigenvalue weighted by molar-refractivity contribution is 0.00978. The molecule has 1 atom stereocenters. The summed E-state index contributed by atoms with van der Waals surface area (Å²) >= 11 is 0. The molecule has 174 valence electrons. The number of piperazine rings is 1. The Bertz CT molecular complexity index is 858. The van der Waals surface area contributed by atoms with E-state index in [-0.39, 0.29) is 13.2 Å². The average molecular weight is 442 g/mol. The number of β-amino-alcohol motifs (C(OH)–C–C–N with tert-alkyl or cyclic N) is 1. The number of ether oxygens (including phenoxy) is 2. The van der Waals surface area contributed by atoms with Gasteiger partial charge in [-0.15, -0.1) is 0 Å². The number of hydrogen-bond acceptors (Lipinski definition) is 7. The summed E-state index contributed by atoms with van der Waals surface area (Å²) in [6.07, 6.45) is 0.792. The van der Waals surface area contributed by atoms with E-state index in [2.05, 4.69) is 45.0 Å². The van der Waals surface area contributed by atoms with Gasteiger partial charge in [0.15, 0.2) is 11.5 Å².